The van der Waals surface area contributed by atoms with E-state index in [1.807, 2.05) is 25.1 Å². The van der Waals surface area contributed by atoms with Gasteiger partial charge in [-0.05, 0) is 50.3 Å². The van der Waals surface area contributed by atoms with E-state index in [2.05, 4.69) is 40.2 Å². The summed E-state index contributed by atoms with van der Waals surface area (Å²) in [5.74, 6) is 0.598. The molecule has 2 aromatic rings. The van der Waals surface area contributed by atoms with Gasteiger partial charge in [-0.25, -0.2) is 0 Å². The first kappa shape index (κ1) is 16.5. The number of fused-ring (bicyclic) bond motifs is 2. The van der Waals surface area contributed by atoms with E-state index in [4.69, 9.17) is 0 Å². The zero-order chi connectivity index (χ0) is 17.2. The summed E-state index contributed by atoms with van der Waals surface area (Å²) in [6.07, 6.45) is 5.01. The Morgan fingerprint density at radius 1 is 1.04 bits per heavy atom. The van der Waals surface area contributed by atoms with Crippen molar-refractivity contribution in [2.45, 2.75) is 57.7 Å². The molecule has 2 aliphatic rings. The van der Waals surface area contributed by atoms with Gasteiger partial charge in [0.1, 0.15) is 5.78 Å². The highest BCUT2D eigenvalue weighted by Gasteiger charge is 2.42. The van der Waals surface area contributed by atoms with Crippen molar-refractivity contribution in [1.29, 1.82) is 0 Å². The normalized spacial score (nSPS) is 25.9. The molecule has 0 amide bonds. The molecule has 0 radical (unpaired) electrons. The summed E-state index contributed by atoms with van der Waals surface area (Å²) >= 11 is 0. The molecule has 2 unspecified atom stereocenters. The minimum absolute atomic E-state index is 0.215. The number of carbonyl (C=O) groups is 1. The van der Waals surface area contributed by atoms with Crippen LogP contribution in [0.1, 0.15) is 42.6 Å². The molecule has 130 valence electrons. The number of nitrogens with zero attached hydrogens (tertiary/aromatic N) is 2. The van der Waals surface area contributed by atoms with Crippen molar-refractivity contribution in [1.82, 2.24) is 9.88 Å². The minimum atomic E-state index is 0.215. The molecule has 0 N–H and O–H groups in total. The van der Waals surface area contributed by atoms with Crippen LogP contribution in [0.2, 0.25) is 0 Å². The van der Waals surface area contributed by atoms with Gasteiger partial charge >= 0.3 is 0 Å². The van der Waals surface area contributed by atoms with Gasteiger partial charge in [0.25, 0.3) is 0 Å². The lowest BCUT2D eigenvalue weighted by Crippen LogP contribution is -2.44. The molecule has 0 spiro atoms. The van der Waals surface area contributed by atoms with E-state index in [1.165, 1.54) is 18.4 Å². The van der Waals surface area contributed by atoms with Crippen LogP contribution in [-0.4, -0.2) is 27.8 Å². The third-order valence-corrected chi connectivity index (χ3v) is 5.85. The zero-order valence-electron chi connectivity index (χ0n) is 14.9. The van der Waals surface area contributed by atoms with Crippen LogP contribution >= 0.6 is 0 Å². The highest BCUT2D eigenvalue weighted by Crippen LogP contribution is 2.40. The highest BCUT2D eigenvalue weighted by molar-refractivity contribution is 5.83. The molecule has 4 rings (SSSR count). The highest BCUT2D eigenvalue weighted by atomic mass is 16.1. The number of ketones is 1. The van der Waals surface area contributed by atoms with E-state index < -0.39 is 0 Å². The first-order valence-electron chi connectivity index (χ1n) is 9.44. The van der Waals surface area contributed by atoms with Gasteiger partial charge < -0.3 is 0 Å². The number of hydrogen-bond acceptors (Lipinski definition) is 3. The van der Waals surface area contributed by atoms with Gasteiger partial charge in [-0.1, -0.05) is 36.4 Å². The summed E-state index contributed by atoms with van der Waals surface area (Å²) in [5.41, 5.74) is 3.29. The molecule has 0 aliphatic carbocycles. The van der Waals surface area contributed by atoms with Gasteiger partial charge in [-0.15, -0.1) is 0 Å². The molecule has 3 heterocycles. The van der Waals surface area contributed by atoms with Gasteiger partial charge in [-0.2, -0.15) is 0 Å². The van der Waals surface area contributed by atoms with E-state index in [0.717, 1.165) is 30.8 Å². The minimum Gasteiger partial charge on any atom is -0.299 e. The van der Waals surface area contributed by atoms with Crippen LogP contribution in [0, 0.1) is 12.8 Å². The zero-order valence-corrected chi connectivity index (χ0v) is 14.9. The van der Waals surface area contributed by atoms with E-state index in [1.54, 1.807) is 0 Å². The van der Waals surface area contributed by atoms with Crippen molar-refractivity contribution in [2.24, 2.45) is 5.92 Å². The molecule has 2 fully saturated rings. The number of rotatable bonds is 5. The lowest BCUT2D eigenvalue weighted by atomic mass is 9.85. The van der Waals surface area contributed by atoms with Crippen LogP contribution in [0.3, 0.4) is 0 Å². The van der Waals surface area contributed by atoms with E-state index in [9.17, 15) is 4.79 Å². The Hall–Kier alpha value is -2.00. The lowest BCUT2D eigenvalue weighted by molar-refractivity contribution is -0.124. The number of Topliss-reactive ketones (excluding diaryl/α,β-unsaturated/α-hetero) is 1. The first-order valence-corrected chi connectivity index (χ1v) is 9.44. The molecule has 2 aliphatic heterocycles. The molecule has 3 heteroatoms. The number of carbonyl (C=O) groups excluding carboxylic acids is 1. The third-order valence-electron chi connectivity index (χ3n) is 5.85. The maximum atomic E-state index is 12.8. The summed E-state index contributed by atoms with van der Waals surface area (Å²) in [4.78, 5) is 19.9. The van der Waals surface area contributed by atoms with Crippen molar-refractivity contribution in [3.05, 3.63) is 65.5 Å². The number of hydrogen-bond donors (Lipinski definition) is 0. The quantitative estimate of drug-likeness (QED) is 0.830. The SMILES string of the molecule is Cc1cccc(CC(=O)C2CC3CCC(C2)N3Cc2ccccc2)n1. The number of aryl methyl sites for hydroxylation is 1. The van der Waals surface area contributed by atoms with Crippen molar-refractivity contribution in [3.8, 4) is 0 Å². The van der Waals surface area contributed by atoms with Crippen LogP contribution in [0.15, 0.2) is 48.5 Å². The first-order chi connectivity index (χ1) is 12.2. The summed E-state index contributed by atoms with van der Waals surface area (Å²) in [6.45, 7) is 3.01. The van der Waals surface area contributed by atoms with Gasteiger partial charge in [0.15, 0.2) is 0 Å². The van der Waals surface area contributed by atoms with Gasteiger partial charge in [0.2, 0.25) is 0 Å². The smallest absolute Gasteiger partial charge is 0.142 e. The summed E-state index contributed by atoms with van der Waals surface area (Å²) in [7, 11) is 0. The summed E-state index contributed by atoms with van der Waals surface area (Å²) in [5, 5.41) is 0. The molecule has 25 heavy (non-hydrogen) atoms. The maximum absolute atomic E-state index is 12.8. The second-order valence-electron chi connectivity index (χ2n) is 7.62. The average Bonchev–Trinajstić information content (AvgIpc) is 2.84. The number of benzene rings is 1. The Morgan fingerprint density at radius 3 is 2.44 bits per heavy atom. The predicted octanol–water partition coefficient (Wildman–Crippen LogP) is 3.94. The molecule has 1 aromatic heterocycles. The standard InChI is InChI=1S/C22H26N2O/c1-16-6-5-9-19(23-16)14-22(25)18-12-20-10-11-21(13-18)24(20)15-17-7-3-2-4-8-17/h2-9,18,20-21H,10-15H2,1H3. The molecule has 2 atom stereocenters. The van der Waals surface area contributed by atoms with Gasteiger partial charge in [-0.3, -0.25) is 14.7 Å². The van der Waals surface area contributed by atoms with Crippen molar-refractivity contribution in [2.75, 3.05) is 0 Å². The van der Waals surface area contributed by atoms with Crippen molar-refractivity contribution < 1.29 is 4.79 Å². The molecule has 2 saturated heterocycles. The number of aromatic nitrogens is 1. The Bertz CT molecular complexity index is 729. The molecule has 0 saturated carbocycles. The predicted molar refractivity (Wildman–Crippen MR) is 99.2 cm³/mol. The molecule has 2 bridgehead atoms. The fourth-order valence-corrected chi connectivity index (χ4v) is 4.61. The molecule has 3 nitrogen and oxygen atoms in total. The molecule has 1 aromatic carbocycles. The largest absolute Gasteiger partial charge is 0.299 e. The Kier molecular flexibility index (Phi) is 4.67. The second-order valence-corrected chi connectivity index (χ2v) is 7.62. The van der Waals surface area contributed by atoms with E-state index in [0.29, 0.717) is 24.3 Å². The number of piperidine rings is 1. The van der Waals surface area contributed by atoms with Crippen LogP contribution in [0.5, 0.6) is 0 Å². The van der Waals surface area contributed by atoms with Crippen LogP contribution in [0.25, 0.3) is 0 Å². The van der Waals surface area contributed by atoms with Crippen LogP contribution < -0.4 is 0 Å². The summed E-state index contributed by atoms with van der Waals surface area (Å²) < 4.78 is 0. The van der Waals surface area contributed by atoms with Gasteiger partial charge in [0.05, 0.1) is 0 Å². The lowest BCUT2D eigenvalue weighted by Gasteiger charge is -2.38. The topological polar surface area (TPSA) is 33.2 Å². The molecular weight excluding hydrogens is 308 g/mol. The van der Waals surface area contributed by atoms with Crippen molar-refractivity contribution in [3.63, 3.8) is 0 Å². The fraction of sp³-hybridized carbons (Fsp3) is 0.455. The average molecular weight is 334 g/mol. The third kappa shape index (κ3) is 3.67. The Morgan fingerprint density at radius 2 is 1.76 bits per heavy atom. The van der Waals surface area contributed by atoms with Crippen LogP contribution in [0.4, 0.5) is 0 Å². The molecular formula is C22H26N2O. The second kappa shape index (κ2) is 7.09. The number of pyridine rings is 1. The monoisotopic (exact) mass is 334 g/mol. The fourth-order valence-electron chi connectivity index (χ4n) is 4.61. The van der Waals surface area contributed by atoms with Gasteiger partial charge in [0, 0.05) is 42.4 Å². The van der Waals surface area contributed by atoms with Crippen molar-refractivity contribution >= 4 is 5.78 Å². The Balaban J connectivity index is 1.40. The van der Waals surface area contributed by atoms with Crippen LogP contribution in [-0.2, 0) is 17.8 Å². The van der Waals surface area contributed by atoms with E-state index in [-0.39, 0.29) is 5.92 Å². The van der Waals surface area contributed by atoms with E-state index >= 15 is 0 Å². The summed E-state index contributed by atoms with van der Waals surface area (Å²) in [6, 6.07) is 17.8. The maximum Gasteiger partial charge on any atom is 0.142 e. The Labute approximate surface area is 150 Å².